The first-order valence-electron chi connectivity index (χ1n) is 6.64. The number of amides is 1. The lowest BCUT2D eigenvalue weighted by Gasteiger charge is -2.10. The monoisotopic (exact) mass is 307 g/mol. The summed E-state index contributed by atoms with van der Waals surface area (Å²) < 4.78 is 7.04. The topological polar surface area (TPSA) is 56.1 Å². The van der Waals surface area contributed by atoms with Crippen LogP contribution in [0.25, 0.3) is 0 Å². The number of halogens is 1. The number of benzene rings is 1. The fraction of sp³-hybridized carbons (Fsp3) is 0.333. The van der Waals surface area contributed by atoms with Crippen LogP contribution in [0.2, 0.25) is 5.02 Å². The fourth-order valence-corrected chi connectivity index (χ4v) is 2.30. The second-order valence-electron chi connectivity index (χ2n) is 4.75. The van der Waals surface area contributed by atoms with Crippen LogP contribution in [0.4, 0.5) is 0 Å². The van der Waals surface area contributed by atoms with Gasteiger partial charge in [0.05, 0.1) is 24.9 Å². The van der Waals surface area contributed by atoms with Gasteiger partial charge < -0.3 is 10.1 Å². The Labute approximate surface area is 128 Å². The molecule has 0 saturated heterocycles. The van der Waals surface area contributed by atoms with Crippen LogP contribution in [0.15, 0.2) is 24.3 Å². The van der Waals surface area contributed by atoms with Crippen molar-refractivity contribution in [3.05, 3.63) is 46.2 Å². The number of nitrogens with one attached hydrogen (secondary N) is 1. The summed E-state index contributed by atoms with van der Waals surface area (Å²) in [5.74, 6) is 0.291. The molecule has 2 rings (SSSR count). The Morgan fingerprint density at radius 3 is 2.76 bits per heavy atom. The zero-order chi connectivity index (χ0) is 15.4. The van der Waals surface area contributed by atoms with Gasteiger partial charge in [0, 0.05) is 17.3 Å². The molecule has 0 saturated carbocycles. The van der Waals surface area contributed by atoms with Crippen LogP contribution in [0.3, 0.4) is 0 Å². The van der Waals surface area contributed by atoms with E-state index >= 15 is 0 Å². The van der Waals surface area contributed by atoms with Crippen molar-refractivity contribution in [2.45, 2.75) is 20.4 Å². The number of carbonyl (C=O) groups is 1. The maximum atomic E-state index is 12.2. The molecule has 21 heavy (non-hydrogen) atoms. The van der Waals surface area contributed by atoms with Gasteiger partial charge in [0.25, 0.3) is 5.91 Å². The van der Waals surface area contributed by atoms with Crippen molar-refractivity contribution in [3.8, 4) is 5.75 Å². The van der Waals surface area contributed by atoms with Crippen molar-refractivity contribution >= 4 is 17.5 Å². The third kappa shape index (κ3) is 3.76. The quantitative estimate of drug-likeness (QED) is 0.923. The number of ether oxygens (including phenoxy) is 1. The summed E-state index contributed by atoms with van der Waals surface area (Å²) in [5.41, 5.74) is 2.47. The molecular weight excluding hydrogens is 290 g/mol. The van der Waals surface area contributed by atoms with E-state index in [1.807, 2.05) is 24.6 Å². The average molecular weight is 308 g/mol. The lowest BCUT2D eigenvalue weighted by molar-refractivity contribution is 0.0949. The second-order valence-corrected chi connectivity index (χ2v) is 5.19. The highest BCUT2D eigenvalue weighted by atomic mass is 35.5. The maximum Gasteiger partial charge on any atom is 0.255 e. The highest BCUT2D eigenvalue weighted by Gasteiger charge is 2.12. The van der Waals surface area contributed by atoms with Crippen molar-refractivity contribution in [3.63, 3.8) is 0 Å². The highest BCUT2D eigenvalue weighted by molar-refractivity contribution is 6.31. The molecule has 0 atom stereocenters. The summed E-state index contributed by atoms with van der Waals surface area (Å²) in [6, 6.07) is 6.96. The van der Waals surface area contributed by atoms with Crippen molar-refractivity contribution in [1.29, 1.82) is 0 Å². The van der Waals surface area contributed by atoms with Crippen molar-refractivity contribution in [2.24, 2.45) is 0 Å². The van der Waals surface area contributed by atoms with E-state index in [1.54, 1.807) is 18.2 Å². The first-order chi connectivity index (χ1) is 10.0. The minimum atomic E-state index is -0.212. The fourth-order valence-electron chi connectivity index (χ4n) is 2.13. The van der Waals surface area contributed by atoms with Gasteiger partial charge in [-0.25, -0.2) is 0 Å². The predicted molar refractivity (Wildman–Crippen MR) is 82.0 cm³/mol. The van der Waals surface area contributed by atoms with E-state index in [0.717, 1.165) is 11.4 Å². The van der Waals surface area contributed by atoms with Crippen LogP contribution in [0.1, 0.15) is 21.7 Å². The highest BCUT2D eigenvalue weighted by Crippen LogP contribution is 2.22. The Balaban J connectivity index is 1.99. The third-order valence-electron chi connectivity index (χ3n) is 3.12. The number of methoxy groups -OCH3 is 1. The summed E-state index contributed by atoms with van der Waals surface area (Å²) in [5, 5.41) is 7.69. The molecule has 0 fully saturated rings. The van der Waals surface area contributed by atoms with Gasteiger partial charge in [0.1, 0.15) is 5.75 Å². The standard InChI is InChI=1S/C15H18ClN3O2/c1-10-8-11(2)19(18-10)7-6-17-15(20)13-9-12(16)4-5-14(13)21-3/h4-5,8-9H,6-7H2,1-3H3,(H,17,20). The van der Waals surface area contributed by atoms with Gasteiger partial charge >= 0.3 is 0 Å². The van der Waals surface area contributed by atoms with Crippen LogP contribution in [-0.2, 0) is 6.54 Å². The summed E-state index contributed by atoms with van der Waals surface area (Å²) in [7, 11) is 1.52. The third-order valence-corrected chi connectivity index (χ3v) is 3.35. The van der Waals surface area contributed by atoms with Crippen LogP contribution in [0, 0.1) is 13.8 Å². The second kappa shape index (κ2) is 6.63. The van der Waals surface area contributed by atoms with Gasteiger partial charge in [-0.1, -0.05) is 11.6 Å². The van der Waals surface area contributed by atoms with Crippen LogP contribution >= 0.6 is 11.6 Å². The van der Waals surface area contributed by atoms with Crippen molar-refractivity contribution < 1.29 is 9.53 Å². The SMILES string of the molecule is COc1ccc(Cl)cc1C(=O)NCCn1nc(C)cc1C. The Hall–Kier alpha value is -2.01. The molecule has 0 spiro atoms. The lowest BCUT2D eigenvalue weighted by atomic mass is 10.2. The van der Waals surface area contributed by atoms with E-state index in [1.165, 1.54) is 7.11 Å². The normalized spacial score (nSPS) is 10.5. The Bertz CT molecular complexity index is 652. The molecule has 1 aromatic carbocycles. The number of aromatic nitrogens is 2. The van der Waals surface area contributed by atoms with Crippen LogP contribution in [-0.4, -0.2) is 29.3 Å². The van der Waals surface area contributed by atoms with E-state index in [9.17, 15) is 4.79 Å². The van der Waals surface area contributed by atoms with E-state index in [0.29, 0.717) is 29.4 Å². The molecule has 2 aromatic rings. The van der Waals surface area contributed by atoms with Gasteiger partial charge in [-0.2, -0.15) is 5.10 Å². The summed E-state index contributed by atoms with van der Waals surface area (Å²) >= 11 is 5.92. The minimum absolute atomic E-state index is 0.212. The molecule has 0 aliphatic heterocycles. The Morgan fingerprint density at radius 1 is 1.38 bits per heavy atom. The number of aryl methyl sites for hydroxylation is 2. The largest absolute Gasteiger partial charge is 0.496 e. The molecule has 0 aliphatic carbocycles. The van der Waals surface area contributed by atoms with E-state index in [2.05, 4.69) is 10.4 Å². The van der Waals surface area contributed by atoms with E-state index in [-0.39, 0.29) is 5.91 Å². The Morgan fingerprint density at radius 2 is 2.14 bits per heavy atom. The van der Waals surface area contributed by atoms with Crippen molar-refractivity contribution in [2.75, 3.05) is 13.7 Å². The summed E-state index contributed by atoms with van der Waals surface area (Å²) in [6.45, 7) is 5.03. The lowest BCUT2D eigenvalue weighted by Crippen LogP contribution is -2.28. The van der Waals surface area contributed by atoms with Crippen LogP contribution in [0.5, 0.6) is 5.75 Å². The number of hydrogen-bond donors (Lipinski definition) is 1. The molecule has 1 amide bonds. The minimum Gasteiger partial charge on any atom is -0.496 e. The maximum absolute atomic E-state index is 12.2. The molecule has 5 nitrogen and oxygen atoms in total. The summed E-state index contributed by atoms with van der Waals surface area (Å²) in [4.78, 5) is 12.2. The first-order valence-corrected chi connectivity index (χ1v) is 7.02. The molecule has 0 aliphatic rings. The predicted octanol–water partition coefficient (Wildman–Crippen LogP) is 2.59. The van der Waals surface area contributed by atoms with Crippen molar-refractivity contribution in [1.82, 2.24) is 15.1 Å². The molecule has 0 unspecified atom stereocenters. The zero-order valence-electron chi connectivity index (χ0n) is 12.3. The average Bonchev–Trinajstić information content (AvgIpc) is 2.77. The number of nitrogens with zero attached hydrogens (tertiary/aromatic N) is 2. The molecule has 0 bridgehead atoms. The molecule has 0 radical (unpaired) electrons. The zero-order valence-corrected chi connectivity index (χ0v) is 13.1. The van der Waals surface area contributed by atoms with Gasteiger partial charge in [0.2, 0.25) is 0 Å². The van der Waals surface area contributed by atoms with Gasteiger partial charge in [-0.15, -0.1) is 0 Å². The molecule has 6 heteroatoms. The number of hydrogen-bond acceptors (Lipinski definition) is 3. The Kier molecular flexibility index (Phi) is 4.85. The number of carbonyl (C=O) groups excluding carboxylic acids is 1. The van der Waals surface area contributed by atoms with Gasteiger partial charge in [-0.05, 0) is 38.1 Å². The van der Waals surface area contributed by atoms with Gasteiger partial charge in [-0.3, -0.25) is 9.48 Å². The molecule has 1 aromatic heterocycles. The molecule has 1 N–H and O–H groups in total. The first kappa shape index (κ1) is 15.4. The molecule has 1 heterocycles. The van der Waals surface area contributed by atoms with E-state index < -0.39 is 0 Å². The van der Waals surface area contributed by atoms with Crippen LogP contribution < -0.4 is 10.1 Å². The smallest absolute Gasteiger partial charge is 0.255 e. The van der Waals surface area contributed by atoms with E-state index in [4.69, 9.17) is 16.3 Å². The molecule has 112 valence electrons. The van der Waals surface area contributed by atoms with Gasteiger partial charge in [0.15, 0.2) is 0 Å². The molecular formula is C15H18ClN3O2. The number of rotatable bonds is 5. The summed E-state index contributed by atoms with van der Waals surface area (Å²) in [6.07, 6.45) is 0.